The Kier molecular flexibility index (Phi) is 4.53. The van der Waals surface area contributed by atoms with Crippen LogP contribution >= 0.6 is 0 Å². The van der Waals surface area contributed by atoms with Crippen LogP contribution in [0.1, 0.15) is 38.1 Å². The van der Waals surface area contributed by atoms with E-state index in [1.165, 1.54) is 12.3 Å². The second-order valence-corrected chi connectivity index (χ2v) is 5.08. The molecule has 1 aromatic heterocycles. The van der Waals surface area contributed by atoms with E-state index >= 15 is 0 Å². The number of nitrogen functional groups attached to an aromatic ring is 1. The van der Waals surface area contributed by atoms with E-state index < -0.39 is 5.97 Å². The number of carboxylic acid groups (broad SMARTS) is 1. The van der Waals surface area contributed by atoms with Crippen LogP contribution in [0.2, 0.25) is 0 Å². The van der Waals surface area contributed by atoms with Gasteiger partial charge in [0, 0.05) is 12.6 Å². The number of anilines is 2. The minimum absolute atomic E-state index is 0.157. The lowest BCUT2D eigenvalue weighted by atomic mass is 10.1. The lowest BCUT2D eigenvalue weighted by Crippen LogP contribution is -2.36. The standard InChI is InChI=1S/C13H21N3O2/c1-8(2)7-16(9(3)4)12-11(13(17)18)5-10(14)6-15-12/h5-6,8-9H,7,14H2,1-4H3,(H,17,18). The number of carbonyl (C=O) groups is 1. The van der Waals surface area contributed by atoms with Crippen molar-refractivity contribution >= 4 is 17.5 Å². The van der Waals surface area contributed by atoms with Crippen molar-refractivity contribution < 1.29 is 9.90 Å². The minimum Gasteiger partial charge on any atom is -0.478 e. The largest absolute Gasteiger partial charge is 0.478 e. The number of hydrogen-bond acceptors (Lipinski definition) is 4. The van der Waals surface area contributed by atoms with Gasteiger partial charge < -0.3 is 15.7 Å². The quantitative estimate of drug-likeness (QED) is 0.839. The molecule has 0 saturated heterocycles. The zero-order chi connectivity index (χ0) is 13.9. The highest BCUT2D eigenvalue weighted by atomic mass is 16.4. The summed E-state index contributed by atoms with van der Waals surface area (Å²) < 4.78 is 0. The molecule has 0 spiro atoms. The zero-order valence-electron chi connectivity index (χ0n) is 11.3. The molecule has 0 saturated carbocycles. The Bertz CT molecular complexity index is 430. The van der Waals surface area contributed by atoms with Gasteiger partial charge in [0.1, 0.15) is 11.4 Å². The van der Waals surface area contributed by atoms with E-state index in [1.54, 1.807) is 0 Å². The average Bonchev–Trinajstić information content (AvgIpc) is 2.25. The van der Waals surface area contributed by atoms with Gasteiger partial charge in [0.05, 0.1) is 11.9 Å². The third-order valence-corrected chi connectivity index (χ3v) is 2.58. The first-order valence-electron chi connectivity index (χ1n) is 6.08. The highest BCUT2D eigenvalue weighted by molar-refractivity contribution is 5.94. The monoisotopic (exact) mass is 251 g/mol. The number of hydrogen-bond donors (Lipinski definition) is 2. The van der Waals surface area contributed by atoms with E-state index in [4.69, 9.17) is 5.73 Å². The van der Waals surface area contributed by atoms with Gasteiger partial charge in [-0.15, -0.1) is 0 Å². The maximum absolute atomic E-state index is 11.3. The minimum atomic E-state index is -1.00. The summed E-state index contributed by atoms with van der Waals surface area (Å²) >= 11 is 0. The molecule has 100 valence electrons. The third kappa shape index (κ3) is 3.35. The van der Waals surface area contributed by atoms with Crippen molar-refractivity contribution in [3.05, 3.63) is 17.8 Å². The van der Waals surface area contributed by atoms with Gasteiger partial charge in [-0.3, -0.25) is 0 Å². The molecule has 0 bridgehead atoms. The molecule has 0 aliphatic heterocycles. The van der Waals surface area contributed by atoms with Gasteiger partial charge in [-0.2, -0.15) is 0 Å². The van der Waals surface area contributed by atoms with E-state index in [9.17, 15) is 9.90 Å². The van der Waals surface area contributed by atoms with Crippen molar-refractivity contribution in [2.75, 3.05) is 17.2 Å². The summed E-state index contributed by atoms with van der Waals surface area (Å²) in [6, 6.07) is 1.64. The molecule has 0 radical (unpaired) electrons. The van der Waals surface area contributed by atoms with Gasteiger partial charge in [-0.1, -0.05) is 13.8 Å². The molecule has 0 fully saturated rings. The summed E-state index contributed by atoms with van der Waals surface area (Å²) in [4.78, 5) is 17.5. The van der Waals surface area contributed by atoms with Crippen LogP contribution < -0.4 is 10.6 Å². The smallest absolute Gasteiger partial charge is 0.339 e. The molecular weight excluding hydrogens is 230 g/mol. The van der Waals surface area contributed by atoms with Crippen LogP contribution in [0.25, 0.3) is 0 Å². The molecule has 0 aliphatic rings. The fourth-order valence-corrected chi connectivity index (χ4v) is 1.80. The van der Waals surface area contributed by atoms with Gasteiger partial charge in [0.25, 0.3) is 0 Å². The molecule has 1 aromatic rings. The molecule has 3 N–H and O–H groups in total. The van der Waals surface area contributed by atoms with E-state index in [-0.39, 0.29) is 11.6 Å². The number of aromatic carboxylic acids is 1. The van der Waals surface area contributed by atoms with Crippen LogP contribution in [0.4, 0.5) is 11.5 Å². The van der Waals surface area contributed by atoms with Crippen LogP contribution in [0, 0.1) is 5.92 Å². The summed E-state index contributed by atoms with van der Waals surface area (Å²) in [5.41, 5.74) is 6.12. The second-order valence-electron chi connectivity index (χ2n) is 5.08. The van der Waals surface area contributed by atoms with Crippen molar-refractivity contribution in [3.8, 4) is 0 Å². The highest BCUT2D eigenvalue weighted by Gasteiger charge is 2.20. The van der Waals surface area contributed by atoms with Crippen molar-refractivity contribution in [1.29, 1.82) is 0 Å². The zero-order valence-corrected chi connectivity index (χ0v) is 11.3. The Morgan fingerprint density at radius 2 is 2.06 bits per heavy atom. The van der Waals surface area contributed by atoms with Gasteiger partial charge in [0.15, 0.2) is 0 Å². The summed E-state index contributed by atoms with van der Waals surface area (Å²) in [5.74, 6) is -0.0898. The predicted molar refractivity (Wildman–Crippen MR) is 72.9 cm³/mol. The summed E-state index contributed by atoms with van der Waals surface area (Å²) in [5, 5.41) is 9.23. The maximum Gasteiger partial charge on any atom is 0.339 e. The molecule has 5 heteroatoms. The normalized spacial score (nSPS) is 11.0. The number of rotatable bonds is 5. The molecule has 0 atom stereocenters. The number of pyridine rings is 1. The summed E-state index contributed by atoms with van der Waals surface area (Å²) in [6.45, 7) is 8.98. The van der Waals surface area contributed by atoms with Gasteiger partial charge in [-0.05, 0) is 25.8 Å². The van der Waals surface area contributed by atoms with Crippen molar-refractivity contribution in [3.63, 3.8) is 0 Å². The fourth-order valence-electron chi connectivity index (χ4n) is 1.80. The van der Waals surface area contributed by atoms with Gasteiger partial charge in [0.2, 0.25) is 0 Å². The van der Waals surface area contributed by atoms with E-state index in [0.717, 1.165) is 6.54 Å². The topological polar surface area (TPSA) is 79.5 Å². The number of nitrogens with two attached hydrogens (primary N) is 1. The molecular formula is C13H21N3O2. The molecule has 5 nitrogen and oxygen atoms in total. The Morgan fingerprint density at radius 1 is 1.44 bits per heavy atom. The molecule has 0 amide bonds. The molecule has 1 rings (SSSR count). The predicted octanol–water partition coefficient (Wildman–Crippen LogP) is 2.23. The first-order valence-corrected chi connectivity index (χ1v) is 6.08. The van der Waals surface area contributed by atoms with Crippen LogP contribution in [0.5, 0.6) is 0 Å². The summed E-state index contributed by atoms with van der Waals surface area (Å²) in [6.07, 6.45) is 1.50. The second kappa shape index (κ2) is 5.71. The molecule has 0 aromatic carbocycles. The highest BCUT2D eigenvalue weighted by Crippen LogP contribution is 2.23. The van der Waals surface area contributed by atoms with E-state index in [2.05, 4.69) is 18.8 Å². The molecule has 0 unspecified atom stereocenters. The van der Waals surface area contributed by atoms with Gasteiger partial charge in [-0.25, -0.2) is 9.78 Å². The van der Waals surface area contributed by atoms with Crippen LogP contribution in [0.3, 0.4) is 0 Å². The Morgan fingerprint density at radius 3 is 2.50 bits per heavy atom. The first kappa shape index (κ1) is 14.3. The lowest BCUT2D eigenvalue weighted by molar-refractivity contribution is 0.0697. The van der Waals surface area contributed by atoms with Crippen molar-refractivity contribution in [2.24, 2.45) is 5.92 Å². The van der Waals surface area contributed by atoms with E-state index in [1.807, 2.05) is 18.7 Å². The van der Waals surface area contributed by atoms with Crippen LogP contribution in [-0.4, -0.2) is 28.6 Å². The maximum atomic E-state index is 11.3. The lowest BCUT2D eigenvalue weighted by Gasteiger charge is -2.30. The molecule has 18 heavy (non-hydrogen) atoms. The van der Waals surface area contributed by atoms with E-state index in [0.29, 0.717) is 17.4 Å². The number of nitrogens with zero attached hydrogens (tertiary/aromatic N) is 2. The Balaban J connectivity index is 3.22. The molecule has 1 heterocycles. The van der Waals surface area contributed by atoms with Gasteiger partial charge >= 0.3 is 5.97 Å². The average molecular weight is 251 g/mol. The van der Waals surface area contributed by atoms with Crippen molar-refractivity contribution in [2.45, 2.75) is 33.7 Å². The van der Waals surface area contributed by atoms with Crippen LogP contribution in [-0.2, 0) is 0 Å². The number of aromatic nitrogens is 1. The molecule has 0 aliphatic carbocycles. The Hall–Kier alpha value is -1.78. The first-order chi connectivity index (χ1) is 8.32. The van der Waals surface area contributed by atoms with Crippen molar-refractivity contribution in [1.82, 2.24) is 4.98 Å². The third-order valence-electron chi connectivity index (χ3n) is 2.58. The van der Waals surface area contributed by atoms with Crippen LogP contribution in [0.15, 0.2) is 12.3 Å². The number of carboxylic acids is 1. The fraction of sp³-hybridized carbons (Fsp3) is 0.538. The SMILES string of the molecule is CC(C)CN(c1ncc(N)cc1C(=O)O)C(C)C. The summed E-state index contributed by atoms with van der Waals surface area (Å²) in [7, 11) is 0. The Labute approximate surface area is 108 Å².